The minimum absolute atomic E-state index is 0.321. The Balaban J connectivity index is 1.95. The number of furan rings is 1. The molecule has 0 aromatic carbocycles. The number of rotatable bonds is 3. The van der Waals surface area contributed by atoms with Crippen molar-refractivity contribution < 1.29 is 18.8 Å². The zero-order valence-corrected chi connectivity index (χ0v) is 9.16. The van der Waals surface area contributed by atoms with Crippen molar-refractivity contribution in [2.45, 2.75) is 6.29 Å². The van der Waals surface area contributed by atoms with Gasteiger partial charge in [-0.3, -0.25) is 15.2 Å². The fourth-order valence-corrected chi connectivity index (χ4v) is 1.77. The summed E-state index contributed by atoms with van der Waals surface area (Å²) in [6, 6.07) is 2.79. The Labute approximate surface area is 101 Å². The van der Waals surface area contributed by atoms with Crippen molar-refractivity contribution in [1.82, 2.24) is 10.2 Å². The molecular weight excluding hydrogens is 242 g/mol. The lowest BCUT2D eigenvalue weighted by molar-refractivity contribution is -0.401. The third-order valence-corrected chi connectivity index (χ3v) is 2.56. The lowest BCUT2D eigenvalue weighted by atomic mass is 10.2. The summed E-state index contributed by atoms with van der Waals surface area (Å²) in [7, 11) is 0. The van der Waals surface area contributed by atoms with Crippen LogP contribution in [0, 0.1) is 10.1 Å². The molecule has 1 fully saturated rings. The normalized spacial score (nSPS) is 16.2. The molecule has 3 rings (SSSR count). The average Bonchev–Trinajstić information content (AvgIpc) is 3.10. The summed E-state index contributed by atoms with van der Waals surface area (Å²) in [6.07, 6.45) is 1.04. The Morgan fingerprint density at radius 2 is 2.17 bits per heavy atom. The summed E-state index contributed by atoms with van der Waals surface area (Å²) in [6.45, 7) is 1.02. The Hall–Kier alpha value is -2.19. The predicted octanol–water partition coefficient (Wildman–Crippen LogP) is 1.62. The predicted molar refractivity (Wildman–Crippen MR) is 57.6 cm³/mol. The molecule has 0 spiro atoms. The van der Waals surface area contributed by atoms with Crippen LogP contribution in [0.5, 0.6) is 0 Å². The van der Waals surface area contributed by atoms with Gasteiger partial charge in [0, 0.05) is 0 Å². The van der Waals surface area contributed by atoms with Crippen LogP contribution in [0.4, 0.5) is 5.88 Å². The van der Waals surface area contributed by atoms with Crippen LogP contribution >= 0.6 is 0 Å². The number of hydrogen-bond donors (Lipinski definition) is 1. The SMILES string of the molecule is O=[N+]([O-])c1ccc(-c2[nH]ncc2C2OCCO2)o1. The topological polar surface area (TPSA) is 103 Å². The van der Waals surface area contributed by atoms with Crippen molar-refractivity contribution in [3.8, 4) is 11.5 Å². The van der Waals surface area contributed by atoms with E-state index in [2.05, 4.69) is 10.2 Å². The van der Waals surface area contributed by atoms with Crippen LogP contribution in [-0.4, -0.2) is 28.3 Å². The minimum atomic E-state index is -0.595. The van der Waals surface area contributed by atoms with E-state index in [-0.39, 0.29) is 5.88 Å². The quantitative estimate of drug-likeness (QED) is 0.656. The molecule has 8 nitrogen and oxygen atoms in total. The zero-order valence-electron chi connectivity index (χ0n) is 9.16. The van der Waals surface area contributed by atoms with Crippen molar-refractivity contribution in [1.29, 1.82) is 0 Å². The molecule has 2 aromatic heterocycles. The maximum Gasteiger partial charge on any atom is 0.433 e. The van der Waals surface area contributed by atoms with E-state index in [0.717, 1.165) is 0 Å². The minimum Gasteiger partial charge on any atom is -0.399 e. The highest BCUT2D eigenvalue weighted by Crippen LogP contribution is 2.33. The number of hydrogen-bond acceptors (Lipinski definition) is 6. The maximum absolute atomic E-state index is 10.6. The van der Waals surface area contributed by atoms with Gasteiger partial charge in [-0.2, -0.15) is 5.10 Å². The summed E-state index contributed by atoms with van der Waals surface area (Å²) < 4.78 is 15.8. The number of H-pyrrole nitrogens is 1. The van der Waals surface area contributed by atoms with Crippen LogP contribution in [0.15, 0.2) is 22.7 Å². The monoisotopic (exact) mass is 251 g/mol. The lowest BCUT2D eigenvalue weighted by Gasteiger charge is -2.07. The Bertz CT molecular complexity index is 570. The van der Waals surface area contributed by atoms with Gasteiger partial charge in [-0.25, -0.2) is 0 Å². The molecule has 0 unspecified atom stereocenters. The second-order valence-electron chi connectivity index (χ2n) is 3.67. The van der Waals surface area contributed by atoms with Crippen LogP contribution in [0.1, 0.15) is 11.9 Å². The molecule has 8 heteroatoms. The summed E-state index contributed by atoms with van der Waals surface area (Å²) >= 11 is 0. The molecule has 0 radical (unpaired) electrons. The fourth-order valence-electron chi connectivity index (χ4n) is 1.77. The van der Waals surface area contributed by atoms with Crippen LogP contribution in [0.25, 0.3) is 11.5 Å². The lowest BCUT2D eigenvalue weighted by Crippen LogP contribution is -1.98. The van der Waals surface area contributed by atoms with E-state index in [0.29, 0.717) is 30.2 Å². The number of nitrogens with one attached hydrogen (secondary N) is 1. The summed E-state index contributed by atoms with van der Waals surface area (Å²) in [5.41, 5.74) is 1.19. The molecule has 1 aliphatic rings. The smallest absolute Gasteiger partial charge is 0.399 e. The Kier molecular flexibility index (Phi) is 2.58. The molecule has 94 valence electrons. The fraction of sp³-hybridized carbons (Fsp3) is 0.300. The highest BCUT2D eigenvalue weighted by atomic mass is 16.7. The van der Waals surface area contributed by atoms with E-state index in [4.69, 9.17) is 13.9 Å². The van der Waals surface area contributed by atoms with Crippen molar-refractivity contribution >= 4 is 5.88 Å². The van der Waals surface area contributed by atoms with Gasteiger partial charge < -0.3 is 13.9 Å². The number of ether oxygens (including phenoxy) is 2. The standard InChI is InChI=1S/C10H9N3O5/c14-13(15)8-2-1-7(18-8)9-6(5-11-12-9)10-16-3-4-17-10/h1-2,5,10H,3-4H2,(H,11,12). The molecule has 0 atom stereocenters. The first kappa shape index (κ1) is 10.9. The maximum atomic E-state index is 10.6. The molecule has 2 aromatic rings. The number of aromatic amines is 1. The van der Waals surface area contributed by atoms with Crippen LogP contribution in [0.2, 0.25) is 0 Å². The molecular formula is C10H9N3O5. The first-order valence-electron chi connectivity index (χ1n) is 5.27. The molecule has 0 amide bonds. The van der Waals surface area contributed by atoms with E-state index in [1.165, 1.54) is 12.1 Å². The largest absolute Gasteiger partial charge is 0.433 e. The van der Waals surface area contributed by atoms with Crippen molar-refractivity contribution in [3.05, 3.63) is 34.0 Å². The van der Waals surface area contributed by atoms with Crippen LogP contribution < -0.4 is 0 Å². The van der Waals surface area contributed by atoms with Gasteiger partial charge in [0.05, 0.1) is 31.0 Å². The van der Waals surface area contributed by atoms with Gasteiger partial charge in [-0.05, 0) is 6.07 Å². The molecule has 1 aliphatic heterocycles. The molecule has 1 N–H and O–H groups in total. The van der Waals surface area contributed by atoms with Crippen molar-refractivity contribution in [3.63, 3.8) is 0 Å². The van der Waals surface area contributed by atoms with Gasteiger partial charge in [-0.1, -0.05) is 0 Å². The summed E-state index contributed by atoms with van der Waals surface area (Å²) in [5, 5.41) is 17.2. The second kappa shape index (κ2) is 4.24. The molecule has 3 heterocycles. The first-order chi connectivity index (χ1) is 8.75. The third kappa shape index (κ3) is 1.77. The van der Waals surface area contributed by atoms with Gasteiger partial charge in [-0.15, -0.1) is 0 Å². The molecule has 0 aliphatic carbocycles. The van der Waals surface area contributed by atoms with Gasteiger partial charge in [0.15, 0.2) is 12.1 Å². The first-order valence-corrected chi connectivity index (χ1v) is 5.27. The summed E-state index contributed by atoms with van der Waals surface area (Å²) in [4.78, 5) is 9.97. The van der Waals surface area contributed by atoms with E-state index < -0.39 is 11.2 Å². The summed E-state index contributed by atoms with van der Waals surface area (Å²) in [5.74, 6) is 0.00658. The number of aromatic nitrogens is 2. The third-order valence-electron chi connectivity index (χ3n) is 2.56. The molecule has 1 saturated heterocycles. The Morgan fingerprint density at radius 1 is 1.39 bits per heavy atom. The highest BCUT2D eigenvalue weighted by molar-refractivity contribution is 5.58. The molecule has 0 saturated carbocycles. The average molecular weight is 251 g/mol. The van der Waals surface area contributed by atoms with Crippen molar-refractivity contribution in [2.75, 3.05) is 13.2 Å². The second-order valence-corrected chi connectivity index (χ2v) is 3.67. The van der Waals surface area contributed by atoms with Crippen LogP contribution in [-0.2, 0) is 9.47 Å². The van der Waals surface area contributed by atoms with E-state index >= 15 is 0 Å². The van der Waals surface area contributed by atoms with Crippen molar-refractivity contribution in [2.24, 2.45) is 0 Å². The van der Waals surface area contributed by atoms with E-state index in [1.807, 2.05) is 0 Å². The van der Waals surface area contributed by atoms with Gasteiger partial charge in [0.25, 0.3) is 0 Å². The van der Waals surface area contributed by atoms with Gasteiger partial charge >= 0.3 is 5.88 Å². The Morgan fingerprint density at radius 3 is 2.83 bits per heavy atom. The molecule has 18 heavy (non-hydrogen) atoms. The highest BCUT2D eigenvalue weighted by Gasteiger charge is 2.25. The zero-order chi connectivity index (χ0) is 12.5. The number of nitrogens with zero attached hydrogens (tertiary/aromatic N) is 2. The van der Waals surface area contributed by atoms with Crippen LogP contribution in [0.3, 0.4) is 0 Å². The molecule has 0 bridgehead atoms. The number of nitro groups is 1. The van der Waals surface area contributed by atoms with Gasteiger partial charge in [0.1, 0.15) is 10.6 Å². The van der Waals surface area contributed by atoms with E-state index in [9.17, 15) is 10.1 Å². The van der Waals surface area contributed by atoms with E-state index in [1.54, 1.807) is 6.20 Å². The van der Waals surface area contributed by atoms with Gasteiger partial charge in [0.2, 0.25) is 0 Å².